The van der Waals surface area contributed by atoms with Gasteiger partial charge in [0.25, 0.3) is 0 Å². The molecule has 16 nitrogen and oxygen atoms in total. The maximum Gasteiger partial charge on any atom is 0.408 e. The molecule has 5 amide bonds. The highest BCUT2D eigenvalue weighted by Gasteiger charge is 2.35. The van der Waals surface area contributed by atoms with Crippen molar-refractivity contribution in [3.8, 4) is 22.6 Å². The number of benzene rings is 2. The predicted octanol–water partition coefficient (Wildman–Crippen LogP) is 1.86. The minimum atomic E-state index is -1.51. The summed E-state index contributed by atoms with van der Waals surface area (Å²) in [4.78, 5) is 68.9. The molecule has 0 aromatic heterocycles. The fourth-order valence-corrected chi connectivity index (χ4v) is 5.81. The molecule has 0 spiro atoms. The quantitative estimate of drug-likeness (QED) is 0.226. The van der Waals surface area contributed by atoms with Crippen molar-refractivity contribution >= 4 is 29.9 Å². The average Bonchev–Trinajstić information content (AvgIpc) is 3.06. The Kier molecular flexibility index (Phi) is 13.2. The Morgan fingerprint density at radius 3 is 1.96 bits per heavy atom. The van der Waals surface area contributed by atoms with Crippen LogP contribution in [-0.4, -0.2) is 118 Å². The van der Waals surface area contributed by atoms with E-state index in [0.29, 0.717) is 16.7 Å². The van der Waals surface area contributed by atoms with Gasteiger partial charge in [-0.05, 0) is 88.1 Å². The number of hydrogen-bond acceptors (Lipinski definition) is 11. The van der Waals surface area contributed by atoms with E-state index >= 15 is 0 Å². The molecule has 1 fully saturated rings. The lowest BCUT2D eigenvalue weighted by molar-refractivity contribution is -0.140. The Morgan fingerprint density at radius 1 is 0.849 bits per heavy atom. The Bertz CT molecular complexity index is 1660. The van der Waals surface area contributed by atoms with E-state index in [1.165, 1.54) is 17.0 Å². The highest BCUT2D eigenvalue weighted by atomic mass is 16.6. The van der Waals surface area contributed by atoms with Crippen molar-refractivity contribution in [1.82, 2.24) is 26.2 Å². The van der Waals surface area contributed by atoms with Gasteiger partial charge >= 0.3 is 12.2 Å². The second kappa shape index (κ2) is 17.2. The van der Waals surface area contributed by atoms with E-state index in [9.17, 15) is 39.3 Å². The largest absolute Gasteiger partial charge is 0.508 e. The monoisotopic (exact) mass is 741 g/mol. The number of morpholine rings is 1. The Labute approximate surface area is 308 Å². The molecule has 4 atom stereocenters. The van der Waals surface area contributed by atoms with Crippen molar-refractivity contribution in [1.29, 1.82) is 0 Å². The number of fused-ring (bicyclic) bond motifs is 5. The van der Waals surface area contributed by atoms with Gasteiger partial charge in [0.1, 0.15) is 40.8 Å². The average molecular weight is 742 g/mol. The van der Waals surface area contributed by atoms with E-state index < -0.39 is 71.8 Å². The molecule has 7 N–H and O–H groups in total. The van der Waals surface area contributed by atoms with Crippen molar-refractivity contribution in [2.45, 2.75) is 96.2 Å². The van der Waals surface area contributed by atoms with Gasteiger partial charge in [-0.1, -0.05) is 12.1 Å². The first kappa shape index (κ1) is 40.7. The summed E-state index contributed by atoms with van der Waals surface area (Å²) in [5.74, 6) is -2.47. The van der Waals surface area contributed by atoms with Crippen molar-refractivity contribution in [2.75, 3.05) is 32.8 Å². The third-order valence-corrected chi connectivity index (χ3v) is 8.31. The molecule has 2 heterocycles. The zero-order chi connectivity index (χ0) is 39.1. The number of phenols is 2. The van der Waals surface area contributed by atoms with Gasteiger partial charge in [0.05, 0.1) is 19.3 Å². The van der Waals surface area contributed by atoms with Crippen molar-refractivity contribution < 1.29 is 53.5 Å². The molecule has 2 aliphatic heterocycles. The fourth-order valence-electron chi connectivity index (χ4n) is 5.81. The van der Waals surface area contributed by atoms with Crippen LogP contribution in [-0.2, 0) is 41.4 Å². The fraction of sp³-hybridized carbons (Fsp3) is 0.541. The molecular weight excluding hydrogens is 690 g/mol. The molecule has 0 aliphatic carbocycles. The Balaban J connectivity index is 1.76. The van der Waals surface area contributed by atoms with Crippen molar-refractivity contribution in [3.63, 3.8) is 0 Å². The molecule has 290 valence electrons. The van der Waals surface area contributed by atoms with Gasteiger partial charge in [-0.25, -0.2) is 9.59 Å². The number of aromatic hydroxyl groups is 2. The molecule has 0 radical (unpaired) electrons. The molecule has 2 aromatic rings. The maximum atomic E-state index is 14.1. The van der Waals surface area contributed by atoms with Gasteiger partial charge in [0, 0.05) is 38.9 Å². The van der Waals surface area contributed by atoms with Crippen molar-refractivity contribution in [2.24, 2.45) is 0 Å². The normalized spacial score (nSPS) is 20.4. The maximum absolute atomic E-state index is 14.1. The van der Waals surface area contributed by atoms with Gasteiger partial charge in [-0.3, -0.25) is 14.4 Å². The third-order valence-electron chi connectivity index (χ3n) is 8.31. The van der Waals surface area contributed by atoms with Crippen LogP contribution in [0.5, 0.6) is 11.5 Å². The number of rotatable bonds is 6. The number of ether oxygens (including phenoxy) is 3. The number of nitrogens with one attached hydrogen (secondary N) is 4. The van der Waals surface area contributed by atoms with Crippen LogP contribution in [0.3, 0.4) is 0 Å². The highest BCUT2D eigenvalue weighted by Crippen LogP contribution is 2.31. The summed E-state index contributed by atoms with van der Waals surface area (Å²) in [6, 6.07) is 5.35. The van der Waals surface area contributed by atoms with Crippen LogP contribution in [0.15, 0.2) is 36.4 Å². The number of aliphatic hydroxyl groups excluding tert-OH is 1. The Hall–Kier alpha value is -5.09. The number of carbonyl (C=O) groups excluding carboxylic acids is 5. The molecule has 16 heteroatoms. The topological polar surface area (TPSA) is 225 Å². The number of hydrogen-bond donors (Lipinski definition) is 7. The van der Waals surface area contributed by atoms with Crippen LogP contribution in [0.1, 0.15) is 59.1 Å². The van der Waals surface area contributed by atoms with E-state index in [1.54, 1.807) is 65.8 Å². The summed E-state index contributed by atoms with van der Waals surface area (Å²) in [5.41, 5.74) is 0.0832. The van der Waals surface area contributed by atoms with E-state index in [-0.39, 0.29) is 62.8 Å². The standard InChI is InChI=1S/C37H51N5O11/c1-36(2,3)52-34(49)38-20-25(43)19-27-32(47)40-28(33(48)42-11-13-51-14-12-42)18-24-16-22(8-10-30(24)45)21-7-9-29(44)23(15-21)17-26(31(46)39-27)41-35(50)53-37(4,5)6/h7-10,15-16,25-28,43-45H,11-14,17-20H2,1-6H3,(H,38,49)(H,39,46)(H,40,47)(H,41,50)/t25-,26+,27+,28+/m1/s1. The minimum absolute atomic E-state index is 0.124. The van der Waals surface area contributed by atoms with E-state index in [4.69, 9.17) is 14.2 Å². The van der Waals surface area contributed by atoms with Gasteiger partial charge in [0.15, 0.2) is 0 Å². The lowest BCUT2D eigenvalue weighted by Gasteiger charge is -2.32. The zero-order valence-electron chi connectivity index (χ0n) is 31.0. The summed E-state index contributed by atoms with van der Waals surface area (Å²) in [6.07, 6.45) is -3.97. The number of nitrogens with zero attached hydrogens (tertiary/aromatic N) is 1. The van der Waals surface area contributed by atoms with E-state index in [1.807, 2.05) is 0 Å². The van der Waals surface area contributed by atoms with E-state index in [0.717, 1.165) is 0 Å². The Morgan fingerprint density at radius 2 is 1.40 bits per heavy atom. The van der Waals surface area contributed by atoms with Gasteiger partial charge in [-0.2, -0.15) is 0 Å². The van der Waals surface area contributed by atoms with Crippen LogP contribution < -0.4 is 21.3 Å². The molecule has 2 aliphatic rings. The zero-order valence-corrected chi connectivity index (χ0v) is 31.0. The van der Waals surface area contributed by atoms with Gasteiger partial charge in [0.2, 0.25) is 17.7 Å². The van der Waals surface area contributed by atoms with Crippen LogP contribution in [0.25, 0.3) is 11.1 Å². The van der Waals surface area contributed by atoms with E-state index in [2.05, 4.69) is 21.3 Å². The molecule has 0 unspecified atom stereocenters. The summed E-state index contributed by atoms with van der Waals surface area (Å²) in [7, 11) is 0. The molecule has 4 rings (SSSR count). The second-order valence-electron chi connectivity index (χ2n) is 15.1. The summed E-state index contributed by atoms with van der Waals surface area (Å²) in [6.45, 7) is 10.7. The first-order valence-corrected chi connectivity index (χ1v) is 17.5. The molecule has 1 saturated heterocycles. The number of phenolic OH excluding ortho intramolecular Hbond substituents is 2. The molecule has 2 aromatic carbocycles. The lowest BCUT2D eigenvalue weighted by atomic mass is 9.95. The van der Waals surface area contributed by atoms with Crippen LogP contribution in [0, 0.1) is 0 Å². The van der Waals surface area contributed by atoms with Crippen molar-refractivity contribution in [3.05, 3.63) is 47.5 Å². The number of alkyl carbamates (subject to hydrolysis) is 2. The molecule has 4 bridgehead atoms. The number of carbonyl (C=O) groups is 5. The molecule has 53 heavy (non-hydrogen) atoms. The summed E-state index contributed by atoms with van der Waals surface area (Å²) < 4.78 is 16.0. The smallest absolute Gasteiger partial charge is 0.408 e. The van der Waals surface area contributed by atoms with Gasteiger partial charge < -0.3 is 55.7 Å². The number of aliphatic hydroxyl groups is 1. The minimum Gasteiger partial charge on any atom is -0.508 e. The summed E-state index contributed by atoms with van der Waals surface area (Å²) in [5, 5.41) is 43.0. The van der Waals surface area contributed by atoms with Gasteiger partial charge in [-0.15, -0.1) is 0 Å². The van der Waals surface area contributed by atoms with Crippen LogP contribution in [0.2, 0.25) is 0 Å². The molecule has 0 saturated carbocycles. The van der Waals surface area contributed by atoms with Crippen LogP contribution in [0.4, 0.5) is 9.59 Å². The first-order valence-electron chi connectivity index (χ1n) is 17.5. The lowest BCUT2D eigenvalue weighted by Crippen LogP contribution is -2.59. The van der Waals surface area contributed by atoms with Crippen LogP contribution >= 0.6 is 0 Å². The summed E-state index contributed by atoms with van der Waals surface area (Å²) >= 11 is 0. The SMILES string of the molecule is CC(C)(C)OC(=O)NC[C@H](O)C[C@@H]1NC(=O)[C@@H](NC(=O)OC(C)(C)C)Cc2cc(ccc2O)-c2ccc(O)c(c2)C[C@@H](C(=O)N2CCOCC2)NC1=O. The first-order chi connectivity index (χ1) is 24.8. The second-order valence-corrected chi connectivity index (χ2v) is 15.1. The predicted molar refractivity (Wildman–Crippen MR) is 192 cm³/mol. The third kappa shape index (κ3) is 12.2. The molecular formula is C37H51N5O11. The highest BCUT2D eigenvalue weighted by molar-refractivity contribution is 5.94. The number of amides is 5.